The lowest BCUT2D eigenvalue weighted by molar-refractivity contribution is -0.154. The van der Waals surface area contributed by atoms with Crippen LogP contribution in [0.2, 0.25) is 0 Å². The van der Waals surface area contributed by atoms with E-state index in [1.807, 2.05) is 0 Å². The Kier molecular flexibility index (Phi) is 6.23. The predicted octanol–water partition coefficient (Wildman–Crippen LogP) is 2.74. The highest BCUT2D eigenvalue weighted by Crippen LogP contribution is 2.68. The smallest absolute Gasteiger partial charge is 0.159 e. The molecule has 5 N–H and O–H groups in total. The van der Waals surface area contributed by atoms with Crippen molar-refractivity contribution in [2.24, 2.45) is 34.5 Å². The van der Waals surface area contributed by atoms with Crippen LogP contribution in [0.15, 0.2) is 11.6 Å². The molecule has 3 fully saturated rings. The van der Waals surface area contributed by atoms with E-state index >= 15 is 0 Å². The number of hydrogen-bond donors (Lipinski definition) is 5. The summed E-state index contributed by atoms with van der Waals surface area (Å²) in [5, 5.41) is 53.9. The predicted molar refractivity (Wildman–Crippen MR) is 125 cm³/mol. The first kappa shape index (κ1) is 25.3. The standard InChI is InChI=1S/C27H44O6/c1-15(20(28)8-9-24(2,3)32)16-7-11-27(33)18-12-21(29)19-13-22(30)23(31)14-25(19,4)17(18)6-10-26(16,27)5/h12,15-17,19-20,22-23,28,30-33H,6-11,13-14H2,1-5H3/t15-,16+,17-,19?,20?,22+,23-,25+,26+,27+/m0/s1. The summed E-state index contributed by atoms with van der Waals surface area (Å²) in [7, 11) is 0. The summed E-state index contributed by atoms with van der Waals surface area (Å²) >= 11 is 0. The van der Waals surface area contributed by atoms with Crippen LogP contribution >= 0.6 is 0 Å². The number of aliphatic hydroxyl groups excluding tert-OH is 3. The molecule has 3 saturated carbocycles. The van der Waals surface area contributed by atoms with Gasteiger partial charge in [0.25, 0.3) is 0 Å². The first-order valence-corrected chi connectivity index (χ1v) is 12.9. The van der Waals surface area contributed by atoms with E-state index in [1.165, 1.54) is 0 Å². The third kappa shape index (κ3) is 3.85. The number of carbonyl (C=O) groups excluding carboxylic acids is 1. The van der Waals surface area contributed by atoms with Crippen molar-refractivity contribution in [3.63, 3.8) is 0 Å². The van der Waals surface area contributed by atoms with E-state index in [2.05, 4.69) is 20.8 Å². The molecule has 4 aliphatic carbocycles. The maximum atomic E-state index is 13.2. The van der Waals surface area contributed by atoms with Crippen molar-refractivity contribution in [1.82, 2.24) is 0 Å². The monoisotopic (exact) mass is 464 g/mol. The molecule has 0 saturated heterocycles. The van der Waals surface area contributed by atoms with Crippen LogP contribution in [0.4, 0.5) is 0 Å². The topological polar surface area (TPSA) is 118 Å². The molecule has 6 nitrogen and oxygen atoms in total. The first-order chi connectivity index (χ1) is 15.1. The zero-order valence-electron chi connectivity index (χ0n) is 20.9. The van der Waals surface area contributed by atoms with E-state index in [0.717, 1.165) is 24.8 Å². The largest absolute Gasteiger partial charge is 0.393 e. The Morgan fingerprint density at radius 2 is 1.79 bits per heavy atom. The maximum Gasteiger partial charge on any atom is 0.159 e. The summed E-state index contributed by atoms with van der Waals surface area (Å²) in [5.41, 5.74) is -2.01. The van der Waals surface area contributed by atoms with Gasteiger partial charge in [-0.05, 0) is 100 Å². The Hall–Kier alpha value is -0.790. The van der Waals surface area contributed by atoms with Crippen LogP contribution in [0.5, 0.6) is 0 Å². The van der Waals surface area contributed by atoms with E-state index in [4.69, 9.17) is 0 Å². The van der Waals surface area contributed by atoms with Crippen molar-refractivity contribution in [3.05, 3.63) is 11.6 Å². The Morgan fingerprint density at radius 1 is 1.12 bits per heavy atom. The third-order valence-electron chi connectivity index (χ3n) is 10.5. The number of hydrogen-bond acceptors (Lipinski definition) is 6. The Balaban J connectivity index is 1.62. The van der Waals surface area contributed by atoms with Crippen molar-refractivity contribution in [3.8, 4) is 0 Å². The number of aliphatic hydroxyl groups is 5. The van der Waals surface area contributed by atoms with E-state index in [9.17, 15) is 30.3 Å². The van der Waals surface area contributed by atoms with Gasteiger partial charge in [-0.3, -0.25) is 4.79 Å². The molecule has 2 unspecified atom stereocenters. The molecule has 0 aromatic rings. The molecule has 0 heterocycles. The normalized spacial score (nSPS) is 47.3. The zero-order chi connectivity index (χ0) is 24.6. The minimum atomic E-state index is -1.10. The highest BCUT2D eigenvalue weighted by atomic mass is 16.3. The molecule has 4 rings (SSSR count). The number of fused-ring (bicyclic) bond motifs is 5. The fourth-order valence-electron chi connectivity index (χ4n) is 8.29. The second-order valence-electron chi connectivity index (χ2n) is 12.9. The lowest BCUT2D eigenvalue weighted by Crippen LogP contribution is -2.61. The van der Waals surface area contributed by atoms with Crippen molar-refractivity contribution in [2.45, 2.75) is 115 Å². The summed E-state index contributed by atoms with van der Waals surface area (Å²) in [6, 6.07) is 0. The van der Waals surface area contributed by atoms with E-state index in [0.29, 0.717) is 25.7 Å². The molecule has 33 heavy (non-hydrogen) atoms. The third-order valence-corrected chi connectivity index (χ3v) is 10.5. The first-order valence-electron chi connectivity index (χ1n) is 12.9. The quantitative estimate of drug-likeness (QED) is 0.427. The molecule has 6 heteroatoms. The van der Waals surface area contributed by atoms with Crippen molar-refractivity contribution in [2.75, 3.05) is 0 Å². The van der Waals surface area contributed by atoms with Gasteiger partial charge >= 0.3 is 0 Å². The summed E-state index contributed by atoms with van der Waals surface area (Å²) < 4.78 is 0. The Bertz CT molecular complexity index is 816. The lowest BCUT2D eigenvalue weighted by Gasteiger charge is -2.60. The van der Waals surface area contributed by atoms with Gasteiger partial charge in [-0.2, -0.15) is 0 Å². The van der Waals surface area contributed by atoms with Crippen molar-refractivity contribution >= 4 is 5.78 Å². The van der Waals surface area contributed by atoms with E-state index < -0.39 is 40.3 Å². The average molecular weight is 465 g/mol. The minimum absolute atomic E-state index is 0.00888. The SMILES string of the molecule is C[C@H](C(O)CCC(C)(C)O)[C@H]1CC[C@@]2(O)C3=CC(=O)C4C[C@@H](O)[C@@H](O)C[C@]4(C)[C@H]3CC[C@]12C. The number of ketones is 1. The van der Waals surface area contributed by atoms with Gasteiger partial charge in [-0.1, -0.05) is 20.8 Å². The summed E-state index contributed by atoms with van der Waals surface area (Å²) in [5.74, 6) is -0.264. The van der Waals surface area contributed by atoms with Crippen LogP contribution in [0, 0.1) is 34.5 Å². The molecule has 4 aliphatic rings. The molecular formula is C27H44O6. The van der Waals surface area contributed by atoms with Crippen molar-refractivity contribution < 1.29 is 30.3 Å². The summed E-state index contributed by atoms with van der Waals surface area (Å²) in [6.45, 7) is 9.74. The summed E-state index contributed by atoms with van der Waals surface area (Å²) in [4.78, 5) is 13.2. The second kappa shape index (κ2) is 8.12. The van der Waals surface area contributed by atoms with Gasteiger partial charge in [0.05, 0.1) is 29.5 Å². The molecule has 0 bridgehead atoms. The maximum absolute atomic E-state index is 13.2. The van der Waals surface area contributed by atoms with Crippen LogP contribution in [0.1, 0.15) is 86.0 Å². The second-order valence-corrected chi connectivity index (χ2v) is 12.9. The van der Waals surface area contributed by atoms with Gasteiger partial charge in [-0.15, -0.1) is 0 Å². The Labute approximate surface area is 198 Å². The van der Waals surface area contributed by atoms with Crippen LogP contribution in [0.25, 0.3) is 0 Å². The molecule has 188 valence electrons. The van der Waals surface area contributed by atoms with Crippen LogP contribution < -0.4 is 0 Å². The highest BCUT2D eigenvalue weighted by molar-refractivity contribution is 5.95. The van der Waals surface area contributed by atoms with Gasteiger partial charge in [-0.25, -0.2) is 0 Å². The number of carbonyl (C=O) groups is 1. The molecule has 0 amide bonds. The molecule has 0 spiro atoms. The molecular weight excluding hydrogens is 420 g/mol. The van der Waals surface area contributed by atoms with Crippen LogP contribution in [0.3, 0.4) is 0 Å². The molecule has 10 atom stereocenters. The minimum Gasteiger partial charge on any atom is -0.393 e. The average Bonchev–Trinajstić information content (AvgIpc) is 2.99. The summed E-state index contributed by atoms with van der Waals surface area (Å²) in [6.07, 6.45) is 4.06. The van der Waals surface area contributed by atoms with Gasteiger partial charge < -0.3 is 25.5 Å². The fourth-order valence-corrected chi connectivity index (χ4v) is 8.29. The van der Waals surface area contributed by atoms with E-state index in [-0.39, 0.29) is 35.9 Å². The van der Waals surface area contributed by atoms with Gasteiger partial charge in [0, 0.05) is 11.3 Å². The molecule has 0 aromatic carbocycles. The van der Waals surface area contributed by atoms with Gasteiger partial charge in [0.1, 0.15) is 0 Å². The number of allylic oxidation sites excluding steroid dienone is 1. The van der Waals surface area contributed by atoms with Crippen LogP contribution in [-0.4, -0.2) is 60.8 Å². The fraction of sp³-hybridized carbons (Fsp3) is 0.889. The molecule has 0 aliphatic heterocycles. The van der Waals surface area contributed by atoms with Crippen LogP contribution in [-0.2, 0) is 4.79 Å². The molecule has 0 aromatic heterocycles. The van der Waals surface area contributed by atoms with Gasteiger partial charge in [0.2, 0.25) is 0 Å². The highest BCUT2D eigenvalue weighted by Gasteiger charge is 2.67. The number of rotatable bonds is 5. The lowest BCUT2D eigenvalue weighted by atomic mass is 9.46. The Morgan fingerprint density at radius 3 is 2.42 bits per heavy atom. The van der Waals surface area contributed by atoms with E-state index in [1.54, 1.807) is 19.9 Å². The zero-order valence-corrected chi connectivity index (χ0v) is 20.9. The van der Waals surface area contributed by atoms with Crippen molar-refractivity contribution in [1.29, 1.82) is 0 Å². The van der Waals surface area contributed by atoms with Gasteiger partial charge in [0.15, 0.2) is 5.78 Å². The molecule has 0 radical (unpaired) electrons.